The van der Waals surface area contributed by atoms with Gasteiger partial charge in [0.2, 0.25) is 0 Å². The van der Waals surface area contributed by atoms with Gasteiger partial charge < -0.3 is 0 Å². The quantitative estimate of drug-likeness (QED) is 0.330. The highest BCUT2D eigenvalue weighted by atomic mass is 15.0. The summed E-state index contributed by atoms with van der Waals surface area (Å²) in [6, 6.07) is 21.9. The van der Waals surface area contributed by atoms with Crippen molar-refractivity contribution in [3.05, 3.63) is 78.1 Å². The molecule has 3 rings (SSSR count). The SMILES string of the molecule is CCCCCCCCc1c2ccccc2cc[n+]1Cc1ccccc1. The van der Waals surface area contributed by atoms with Crippen molar-refractivity contribution in [1.82, 2.24) is 0 Å². The van der Waals surface area contributed by atoms with E-state index in [1.165, 1.54) is 67.0 Å². The number of nitrogens with zero attached hydrogens (tertiary/aromatic N) is 1. The zero-order valence-electron chi connectivity index (χ0n) is 15.5. The van der Waals surface area contributed by atoms with E-state index in [0.717, 1.165) is 6.54 Å². The van der Waals surface area contributed by atoms with Gasteiger partial charge in [-0.1, -0.05) is 87.6 Å². The molecule has 1 aromatic heterocycles. The van der Waals surface area contributed by atoms with E-state index in [1.807, 2.05) is 0 Å². The van der Waals surface area contributed by atoms with Gasteiger partial charge in [-0.15, -0.1) is 0 Å². The number of hydrogen-bond acceptors (Lipinski definition) is 0. The van der Waals surface area contributed by atoms with E-state index in [2.05, 4.69) is 78.4 Å². The summed E-state index contributed by atoms with van der Waals surface area (Å²) in [4.78, 5) is 0. The summed E-state index contributed by atoms with van der Waals surface area (Å²) < 4.78 is 2.45. The standard InChI is InChI=1S/C24H30N/c1-2-3-4-5-6-10-17-24-23-16-12-11-15-22(23)18-19-25(24)20-21-13-8-7-9-14-21/h7-9,11-16,18-19H,2-6,10,17,20H2,1H3/q+1. The van der Waals surface area contributed by atoms with Crippen molar-refractivity contribution in [1.29, 1.82) is 0 Å². The zero-order valence-corrected chi connectivity index (χ0v) is 15.5. The Hall–Kier alpha value is -2.15. The first-order valence-electron chi connectivity index (χ1n) is 9.82. The molecule has 25 heavy (non-hydrogen) atoms. The minimum absolute atomic E-state index is 0.955. The molecule has 0 N–H and O–H groups in total. The molecule has 0 radical (unpaired) electrons. The van der Waals surface area contributed by atoms with Gasteiger partial charge in [0.05, 0.1) is 0 Å². The lowest BCUT2D eigenvalue weighted by molar-refractivity contribution is -0.694. The van der Waals surface area contributed by atoms with Crippen molar-refractivity contribution in [2.45, 2.75) is 58.4 Å². The van der Waals surface area contributed by atoms with Crippen LogP contribution in [0.4, 0.5) is 0 Å². The molecule has 0 unspecified atom stereocenters. The summed E-state index contributed by atoms with van der Waals surface area (Å²) >= 11 is 0. The first-order chi connectivity index (χ1) is 12.4. The first-order valence-corrected chi connectivity index (χ1v) is 9.82. The number of hydrogen-bond donors (Lipinski definition) is 0. The second-order valence-corrected chi connectivity index (χ2v) is 6.98. The monoisotopic (exact) mass is 332 g/mol. The number of benzene rings is 2. The highest BCUT2D eigenvalue weighted by Crippen LogP contribution is 2.18. The fraction of sp³-hybridized carbons (Fsp3) is 0.375. The molecule has 0 aliphatic heterocycles. The van der Waals surface area contributed by atoms with Crippen LogP contribution in [-0.2, 0) is 13.0 Å². The fourth-order valence-corrected chi connectivity index (χ4v) is 3.60. The minimum atomic E-state index is 0.955. The molecular formula is C24H30N+. The van der Waals surface area contributed by atoms with Gasteiger partial charge >= 0.3 is 0 Å². The van der Waals surface area contributed by atoms with Gasteiger partial charge in [-0.3, -0.25) is 0 Å². The third-order valence-corrected chi connectivity index (χ3v) is 5.02. The largest absolute Gasteiger partial charge is 0.198 e. The molecule has 1 heterocycles. The average Bonchev–Trinajstić information content (AvgIpc) is 2.66. The molecule has 0 spiro atoms. The Kier molecular flexibility index (Phi) is 6.62. The predicted octanol–water partition coefficient (Wildman–Crippen LogP) is 6.08. The normalized spacial score (nSPS) is 11.1. The van der Waals surface area contributed by atoms with E-state index in [0.29, 0.717) is 0 Å². The summed E-state index contributed by atoms with van der Waals surface area (Å²) in [5.41, 5.74) is 2.85. The van der Waals surface area contributed by atoms with Crippen molar-refractivity contribution >= 4 is 10.8 Å². The van der Waals surface area contributed by atoms with Crippen LogP contribution < -0.4 is 4.57 Å². The topological polar surface area (TPSA) is 3.88 Å². The van der Waals surface area contributed by atoms with Crippen LogP contribution in [0, 0.1) is 0 Å². The molecule has 0 aliphatic rings. The summed E-state index contributed by atoms with van der Waals surface area (Å²) in [6.07, 6.45) is 11.5. The van der Waals surface area contributed by atoms with Crippen LogP contribution >= 0.6 is 0 Å². The maximum Gasteiger partial charge on any atom is 0.189 e. The Balaban J connectivity index is 1.78. The minimum Gasteiger partial charge on any atom is -0.198 e. The molecule has 0 saturated heterocycles. The number of aromatic nitrogens is 1. The Morgan fingerprint density at radius 1 is 0.720 bits per heavy atom. The van der Waals surface area contributed by atoms with Crippen molar-refractivity contribution in [3.63, 3.8) is 0 Å². The second-order valence-electron chi connectivity index (χ2n) is 6.98. The summed E-state index contributed by atoms with van der Waals surface area (Å²) in [5, 5.41) is 2.77. The number of fused-ring (bicyclic) bond motifs is 1. The molecule has 0 fully saturated rings. The molecule has 1 heteroatoms. The molecule has 3 aromatic rings. The van der Waals surface area contributed by atoms with Crippen molar-refractivity contribution in [2.24, 2.45) is 0 Å². The van der Waals surface area contributed by atoms with Gasteiger partial charge in [-0.2, -0.15) is 4.57 Å². The molecular weight excluding hydrogens is 302 g/mol. The van der Waals surface area contributed by atoms with Gasteiger partial charge in [-0.05, 0) is 17.9 Å². The molecule has 0 aliphatic carbocycles. The van der Waals surface area contributed by atoms with E-state index < -0.39 is 0 Å². The highest BCUT2D eigenvalue weighted by Gasteiger charge is 2.15. The molecule has 0 bridgehead atoms. The van der Waals surface area contributed by atoms with Gasteiger partial charge in [0, 0.05) is 23.4 Å². The van der Waals surface area contributed by atoms with Crippen LogP contribution in [0.2, 0.25) is 0 Å². The van der Waals surface area contributed by atoms with E-state index >= 15 is 0 Å². The van der Waals surface area contributed by atoms with Gasteiger partial charge in [0.1, 0.15) is 0 Å². The summed E-state index contributed by atoms with van der Waals surface area (Å²) in [7, 11) is 0. The summed E-state index contributed by atoms with van der Waals surface area (Å²) in [5.74, 6) is 0. The molecule has 0 amide bonds. The van der Waals surface area contributed by atoms with Crippen molar-refractivity contribution in [2.75, 3.05) is 0 Å². The Labute approximate surface area is 152 Å². The van der Waals surface area contributed by atoms with E-state index in [4.69, 9.17) is 0 Å². The molecule has 130 valence electrons. The molecule has 2 aromatic carbocycles. The Bertz CT molecular complexity index is 776. The van der Waals surface area contributed by atoms with Gasteiger partial charge in [0.15, 0.2) is 18.4 Å². The lowest BCUT2D eigenvalue weighted by Gasteiger charge is -2.08. The van der Waals surface area contributed by atoms with Crippen LogP contribution in [0.3, 0.4) is 0 Å². The van der Waals surface area contributed by atoms with Gasteiger partial charge in [-0.25, -0.2) is 0 Å². The third kappa shape index (κ3) is 4.92. The first kappa shape index (κ1) is 17.7. The van der Waals surface area contributed by atoms with E-state index in [1.54, 1.807) is 0 Å². The van der Waals surface area contributed by atoms with Crippen LogP contribution in [0.1, 0.15) is 56.7 Å². The molecule has 0 saturated carbocycles. The number of rotatable bonds is 9. The smallest absolute Gasteiger partial charge is 0.189 e. The third-order valence-electron chi connectivity index (χ3n) is 5.02. The van der Waals surface area contributed by atoms with Crippen LogP contribution in [0.15, 0.2) is 66.9 Å². The maximum absolute atomic E-state index is 2.45. The molecule has 1 nitrogen and oxygen atoms in total. The second kappa shape index (κ2) is 9.36. The highest BCUT2D eigenvalue weighted by molar-refractivity contribution is 5.83. The molecule has 0 atom stereocenters. The fourth-order valence-electron chi connectivity index (χ4n) is 3.60. The number of unbranched alkanes of at least 4 members (excludes halogenated alkanes) is 5. The summed E-state index contributed by atoms with van der Waals surface area (Å²) in [6.45, 7) is 3.24. The van der Waals surface area contributed by atoms with Crippen LogP contribution in [0.25, 0.3) is 10.8 Å². The lowest BCUT2D eigenvalue weighted by Crippen LogP contribution is -2.38. The van der Waals surface area contributed by atoms with Crippen LogP contribution in [-0.4, -0.2) is 0 Å². The lowest BCUT2D eigenvalue weighted by atomic mass is 10.0. The number of aryl methyl sites for hydroxylation is 1. The van der Waals surface area contributed by atoms with Crippen molar-refractivity contribution in [3.8, 4) is 0 Å². The van der Waals surface area contributed by atoms with Crippen molar-refractivity contribution < 1.29 is 4.57 Å². The van der Waals surface area contributed by atoms with E-state index in [-0.39, 0.29) is 0 Å². The Morgan fingerprint density at radius 3 is 2.28 bits per heavy atom. The predicted molar refractivity (Wildman–Crippen MR) is 107 cm³/mol. The zero-order chi connectivity index (χ0) is 17.3. The average molecular weight is 333 g/mol. The number of pyridine rings is 1. The Morgan fingerprint density at radius 2 is 1.44 bits per heavy atom. The van der Waals surface area contributed by atoms with Crippen LogP contribution in [0.5, 0.6) is 0 Å². The maximum atomic E-state index is 2.45. The van der Waals surface area contributed by atoms with Gasteiger partial charge in [0.25, 0.3) is 0 Å². The van der Waals surface area contributed by atoms with E-state index in [9.17, 15) is 0 Å².